The van der Waals surface area contributed by atoms with Gasteiger partial charge in [-0.25, -0.2) is 13.6 Å². The lowest BCUT2D eigenvalue weighted by Gasteiger charge is -2.08. The predicted octanol–water partition coefficient (Wildman–Crippen LogP) is 2.56. The van der Waals surface area contributed by atoms with E-state index in [1.807, 2.05) is 36.4 Å². The molecule has 0 aliphatic heterocycles. The Morgan fingerprint density at radius 1 is 0.967 bits per heavy atom. The lowest BCUT2D eigenvalue weighted by atomic mass is 10.1. The van der Waals surface area contributed by atoms with Crippen LogP contribution in [0.5, 0.6) is 5.75 Å². The van der Waals surface area contributed by atoms with Gasteiger partial charge in [-0.3, -0.25) is 9.78 Å². The number of carbonyl (C=O) groups excluding carboxylic acids is 1. The highest BCUT2D eigenvalue weighted by molar-refractivity contribution is 7.89. The minimum atomic E-state index is -3.70. The summed E-state index contributed by atoms with van der Waals surface area (Å²) < 4.78 is 28.2. The molecular formula is C22H23N3O4S. The predicted molar refractivity (Wildman–Crippen MR) is 113 cm³/mol. The number of nitrogens with one attached hydrogen (secondary N) is 1. The van der Waals surface area contributed by atoms with E-state index in [1.54, 1.807) is 24.5 Å². The molecule has 1 aromatic heterocycles. The Balaban J connectivity index is 1.41. The summed E-state index contributed by atoms with van der Waals surface area (Å²) in [7, 11) is -3.70. The first-order valence-corrected chi connectivity index (χ1v) is 10.9. The molecule has 0 aliphatic rings. The Hall–Kier alpha value is -3.23. The number of ether oxygens (including phenoxy) is 1. The number of rotatable bonds is 9. The van der Waals surface area contributed by atoms with Crippen molar-refractivity contribution in [3.63, 3.8) is 0 Å². The molecule has 156 valence electrons. The van der Waals surface area contributed by atoms with E-state index >= 15 is 0 Å². The fourth-order valence-electron chi connectivity index (χ4n) is 2.75. The van der Waals surface area contributed by atoms with Crippen molar-refractivity contribution in [1.29, 1.82) is 0 Å². The summed E-state index contributed by atoms with van der Waals surface area (Å²) in [6, 6.07) is 17.6. The number of nitrogens with zero attached hydrogens (tertiary/aromatic N) is 1. The topological polar surface area (TPSA) is 111 Å². The number of hydrogen-bond donors (Lipinski definition) is 2. The minimum absolute atomic E-state index is 0.0589. The molecule has 0 atom stereocenters. The van der Waals surface area contributed by atoms with Crippen molar-refractivity contribution in [2.45, 2.75) is 30.9 Å². The molecular weight excluding hydrogens is 402 g/mol. The van der Waals surface area contributed by atoms with Crippen LogP contribution in [-0.4, -0.2) is 19.3 Å². The lowest BCUT2D eigenvalue weighted by Crippen LogP contribution is -2.23. The summed E-state index contributed by atoms with van der Waals surface area (Å²) >= 11 is 0. The maximum Gasteiger partial charge on any atom is 0.238 e. The van der Waals surface area contributed by atoms with Crippen LogP contribution < -0.4 is 15.2 Å². The van der Waals surface area contributed by atoms with Crippen LogP contribution in [0.2, 0.25) is 0 Å². The van der Waals surface area contributed by atoms with Crippen LogP contribution in [0.3, 0.4) is 0 Å². The number of primary sulfonamides is 1. The van der Waals surface area contributed by atoms with E-state index in [2.05, 4.69) is 10.3 Å². The number of nitrogens with two attached hydrogens (primary N) is 1. The van der Waals surface area contributed by atoms with E-state index in [1.165, 1.54) is 12.1 Å². The van der Waals surface area contributed by atoms with E-state index in [0.29, 0.717) is 26.0 Å². The van der Waals surface area contributed by atoms with Gasteiger partial charge in [-0.15, -0.1) is 0 Å². The van der Waals surface area contributed by atoms with E-state index in [0.717, 1.165) is 22.4 Å². The largest absolute Gasteiger partial charge is 0.489 e. The molecule has 1 amide bonds. The standard InChI is InChI=1S/C22H23N3O4S/c23-30(27,28)21-10-5-17(6-11-21)7-12-22(26)25-15-18-3-8-20(9-4-18)29-16-19-2-1-13-24-14-19/h1-6,8-11,13-14H,7,12,15-16H2,(H,25,26)(H2,23,27,28). The first-order valence-electron chi connectivity index (χ1n) is 9.39. The van der Waals surface area contributed by atoms with Gasteiger partial charge in [-0.2, -0.15) is 0 Å². The monoisotopic (exact) mass is 425 g/mol. The molecule has 0 saturated carbocycles. The third-order valence-electron chi connectivity index (χ3n) is 4.43. The van der Waals surface area contributed by atoms with E-state index in [4.69, 9.17) is 9.88 Å². The molecule has 2 aromatic carbocycles. The van der Waals surface area contributed by atoms with Gasteiger partial charge in [0.15, 0.2) is 0 Å². The highest BCUT2D eigenvalue weighted by atomic mass is 32.2. The molecule has 1 heterocycles. The van der Waals surface area contributed by atoms with Gasteiger partial charge in [0.2, 0.25) is 15.9 Å². The van der Waals surface area contributed by atoms with Gasteiger partial charge in [0, 0.05) is 30.9 Å². The highest BCUT2D eigenvalue weighted by Gasteiger charge is 2.08. The fourth-order valence-corrected chi connectivity index (χ4v) is 3.26. The summed E-state index contributed by atoms with van der Waals surface area (Å²) in [6.45, 7) is 0.869. The molecule has 30 heavy (non-hydrogen) atoms. The number of benzene rings is 2. The zero-order valence-corrected chi connectivity index (χ0v) is 17.1. The van der Waals surface area contributed by atoms with Crippen LogP contribution in [0.15, 0.2) is 78.0 Å². The van der Waals surface area contributed by atoms with Gasteiger partial charge >= 0.3 is 0 Å². The average Bonchev–Trinajstić information content (AvgIpc) is 2.76. The molecule has 8 heteroatoms. The Labute approximate surface area is 176 Å². The van der Waals surface area contributed by atoms with Crippen LogP contribution in [-0.2, 0) is 34.4 Å². The zero-order chi connectivity index (χ0) is 21.4. The number of amides is 1. The van der Waals surface area contributed by atoms with Gasteiger partial charge in [0.1, 0.15) is 12.4 Å². The highest BCUT2D eigenvalue weighted by Crippen LogP contribution is 2.14. The number of aromatic nitrogens is 1. The van der Waals surface area contributed by atoms with E-state index in [-0.39, 0.29) is 10.8 Å². The fraction of sp³-hybridized carbons (Fsp3) is 0.182. The van der Waals surface area contributed by atoms with Gasteiger partial charge in [0.05, 0.1) is 4.90 Å². The number of aryl methyl sites for hydroxylation is 1. The van der Waals surface area contributed by atoms with Crippen molar-refractivity contribution in [2.75, 3.05) is 0 Å². The third kappa shape index (κ3) is 6.68. The quantitative estimate of drug-likeness (QED) is 0.547. The molecule has 0 saturated heterocycles. The second-order valence-electron chi connectivity index (χ2n) is 6.76. The van der Waals surface area contributed by atoms with Crippen molar-refractivity contribution in [3.05, 3.63) is 89.7 Å². The Kier molecular flexibility index (Phi) is 7.16. The summed E-state index contributed by atoms with van der Waals surface area (Å²) in [6.07, 6.45) is 4.30. The van der Waals surface area contributed by atoms with Crippen molar-refractivity contribution >= 4 is 15.9 Å². The molecule has 0 aliphatic carbocycles. The number of carbonyl (C=O) groups is 1. The normalized spacial score (nSPS) is 11.1. The smallest absolute Gasteiger partial charge is 0.238 e. The van der Waals surface area contributed by atoms with Crippen LogP contribution in [0.4, 0.5) is 0 Å². The Morgan fingerprint density at radius 2 is 1.67 bits per heavy atom. The molecule has 7 nitrogen and oxygen atoms in total. The van der Waals surface area contributed by atoms with Crippen molar-refractivity contribution in [1.82, 2.24) is 10.3 Å². The Bertz CT molecular complexity index is 1070. The van der Waals surface area contributed by atoms with E-state index in [9.17, 15) is 13.2 Å². The molecule has 0 fully saturated rings. The van der Waals surface area contributed by atoms with Gasteiger partial charge in [-0.05, 0) is 47.9 Å². The lowest BCUT2D eigenvalue weighted by molar-refractivity contribution is -0.121. The third-order valence-corrected chi connectivity index (χ3v) is 5.36. The van der Waals surface area contributed by atoms with Crippen LogP contribution in [0, 0.1) is 0 Å². The van der Waals surface area contributed by atoms with Gasteiger partial charge in [-0.1, -0.05) is 30.3 Å². The van der Waals surface area contributed by atoms with Crippen molar-refractivity contribution < 1.29 is 17.9 Å². The first kappa shape index (κ1) is 21.5. The summed E-state index contributed by atoms with van der Waals surface area (Å²) in [5.41, 5.74) is 2.83. The maximum atomic E-state index is 12.1. The van der Waals surface area contributed by atoms with Gasteiger partial charge < -0.3 is 10.1 Å². The number of pyridine rings is 1. The molecule has 3 N–H and O–H groups in total. The van der Waals surface area contributed by atoms with Crippen LogP contribution >= 0.6 is 0 Å². The summed E-state index contributed by atoms with van der Waals surface area (Å²) in [5.74, 6) is 0.666. The molecule has 0 bridgehead atoms. The first-order chi connectivity index (χ1) is 14.4. The van der Waals surface area contributed by atoms with Crippen molar-refractivity contribution in [3.8, 4) is 5.75 Å². The molecule has 3 rings (SSSR count). The molecule has 3 aromatic rings. The van der Waals surface area contributed by atoms with Crippen LogP contribution in [0.1, 0.15) is 23.1 Å². The number of sulfonamides is 1. The second kappa shape index (κ2) is 10.00. The SMILES string of the molecule is NS(=O)(=O)c1ccc(CCC(=O)NCc2ccc(OCc3cccnc3)cc2)cc1. The van der Waals surface area contributed by atoms with E-state index < -0.39 is 10.0 Å². The number of hydrogen-bond acceptors (Lipinski definition) is 5. The van der Waals surface area contributed by atoms with Gasteiger partial charge in [0.25, 0.3) is 0 Å². The molecule has 0 spiro atoms. The maximum absolute atomic E-state index is 12.1. The van der Waals surface area contributed by atoms with Crippen LogP contribution in [0.25, 0.3) is 0 Å². The zero-order valence-electron chi connectivity index (χ0n) is 16.3. The second-order valence-corrected chi connectivity index (χ2v) is 8.32. The summed E-state index contributed by atoms with van der Waals surface area (Å²) in [5, 5.41) is 7.95. The molecule has 0 unspecified atom stereocenters. The van der Waals surface area contributed by atoms with Crippen molar-refractivity contribution in [2.24, 2.45) is 5.14 Å². The summed E-state index contributed by atoms with van der Waals surface area (Å²) in [4.78, 5) is 16.2. The average molecular weight is 426 g/mol. The minimum Gasteiger partial charge on any atom is -0.489 e. The molecule has 0 radical (unpaired) electrons. The Morgan fingerprint density at radius 3 is 2.30 bits per heavy atom.